The lowest BCUT2D eigenvalue weighted by atomic mass is 10.1. The second kappa shape index (κ2) is 7.15. The Balaban J connectivity index is 1.91. The molecule has 0 spiro atoms. The van der Waals surface area contributed by atoms with Crippen LogP contribution in [0.3, 0.4) is 0 Å². The first-order chi connectivity index (χ1) is 10.5. The van der Waals surface area contributed by atoms with Crippen LogP contribution in [0.2, 0.25) is 0 Å². The fraction of sp³-hybridized carbons (Fsp3) is 0.500. The minimum atomic E-state index is -0.548. The van der Waals surface area contributed by atoms with Crippen molar-refractivity contribution in [3.8, 4) is 5.75 Å². The van der Waals surface area contributed by atoms with Gasteiger partial charge in [0.25, 0.3) is 0 Å². The smallest absolute Gasteiger partial charge is 0.410 e. The molecule has 6 heteroatoms. The van der Waals surface area contributed by atoms with Gasteiger partial charge < -0.3 is 14.8 Å². The van der Waals surface area contributed by atoms with Crippen LogP contribution >= 0.6 is 0 Å². The molecule has 1 aromatic carbocycles. The molecule has 1 atom stereocenters. The number of amides is 2. The van der Waals surface area contributed by atoms with Gasteiger partial charge in [-0.25, -0.2) is 4.79 Å². The number of rotatable bonds is 6. The zero-order valence-electron chi connectivity index (χ0n) is 13.2. The summed E-state index contributed by atoms with van der Waals surface area (Å²) < 4.78 is 10.1. The molecule has 0 bridgehead atoms. The molecule has 1 aromatic rings. The highest BCUT2D eigenvalue weighted by Crippen LogP contribution is 2.15. The average molecular weight is 306 g/mol. The number of hydrogen-bond donors (Lipinski definition) is 1. The molecule has 0 unspecified atom stereocenters. The minimum Gasteiger partial charge on any atom is -0.497 e. The highest BCUT2D eigenvalue weighted by atomic mass is 16.6. The fourth-order valence-electron chi connectivity index (χ4n) is 2.31. The molecule has 120 valence electrons. The number of carbonyl (C=O) groups excluding carboxylic acids is 2. The van der Waals surface area contributed by atoms with E-state index in [0.29, 0.717) is 13.1 Å². The Kier molecular flexibility index (Phi) is 5.25. The van der Waals surface area contributed by atoms with Crippen molar-refractivity contribution in [3.05, 3.63) is 29.8 Å². The Hall–Kier alpha value is -2.24. The van der Waals surface area contributed by atoms with Gasteiger partial charge in [-0.2, -0.15) is 0 Å². The SMILES string of the molecule is COc1ccc(CNC(=O)[C@@H]2COC(=O)N2CC(C)C)cc1. The van der Waals surface area contributed by atoms with E-state index in [9.17, 15) is 9.59 Å². The zero-order chi connectivity index (χ0) is 16.1. The van der Waals surface area contributed by atoms with Crippen LogP contribution in [0.5, 0.6) is 5.75 Å². The van der Waals surface area contributed by atoms with Gasteiger partial charge in [-0.05, 0) is 23.6 Å². The lowest BCUT2D eigenvalue weighted by Gasteiger charge is -2.22. The molecule has 0 saturated carbocycles. The molecule has 0 aliphatic carbocycles. The van der Waals surface area contributed by atoms with E-state index in [0.717, 1.165) is 11.3 Å². The van der Waals surface area contributed by atoms with Crippen molar-refractivity contribution >= 4 is 12.0 Å². The number of methoxy groups -OCH3 is 1. The molecule has 1 fully saturated rings. The molecule has 1 aliphatic heterocycles. The summed E-state index contributed by atoms with van der Waals surface area (Å²) >= 11 is 0. The van der Waals surface area contributed by atoms with Crippen molar-refractivity contribution in [1.82, 2.24) is 10.2 Å². The maximum Gasteiger partial charge on any atom is 0.410 e. The van der Waals surface area contributed by atoms with Gasteiger partial charge in [-0.3, -0.25) is 9.69 Å². The van der Waals surface area contributed by atoms with Crippen LogP contribution in [0.25, 0.3) is 0 Å². The summed E-state index contributed by atoms with van der Waals surface area (Å²) in [5.74, 6) is 0.859. The standard InChI is InChI=1S/C16H22N2O4/c1-11(2)9-18-14(10-22-16(18)20)15(19)17-8-12-4-6-13(21-3)7-5-12/h4-7,11,14H,8-10H2,1-3H3,(H,17,19)/t14-/m0/s1. The Bertz CT molecular complexity index is 527. The quantitative estimate of drug-likeness (QED) is 0.870. The van der Waals surface area contributed by atoms with Crippen LogP contribution in [0.4, 0.5) is 4.79 Å². The van der Waals surface area contributed by atoms with Crippen molar-refractivity contribution in [2.75, 3.05) is 20.3 Å². The van der Waals surface area contributed by atoms with E-state index < -0.39 is 12.1 Å². The fourth-order valence-corrected chi connectivity index (χ4v) is 2.31. The van der Waals surface area contributed by atoms with Crippen molar-refractivity contribution in [2.24, 2.45) is 5.92 Å². The van der Waals surface area contributed by atoms with Gasteiger partial charge in [0.2, 0.25) is 5.91 Å². The minimum absolute atomic E-state index is 0.111. The summed E-state index contributed by atoms with van der Waals surface area (Å²) in [6.07, 6.45) is -0.418. The largest absolute Gasteiger partial charge is 0.497 e. The predicted octanol–water partition coefficient (Wildman–Crippen LogP) is 1.79. The van der Waals surface area contributed by atoms with Crippen molar-refractivity contribution in [1.29, 1.82) is 0 Å². The van der Waals surface area contributed by atoms with E-state index >= 15 is 0 Å². The normalized spacial score (nSPS) is 17.5. The molecular weight excluding hydrogens is 284 g/mol. The van der Waals surface area contributed by atoms with Gasteiger partial charge in [0.05, 0.1) is 7.11 Å². The Morgan fingerprint density at radius 1 is 1.41 bits per heavy atom. The molecule has 1 aliphatic rings. The van der Waals surface area contributed by atoms with E-state index in [-0.39, 0.29) is 18.4 Å². The van der Waals surface area contributed by atoms with Crippen molar-refractivity contribution < 1.29 is 19.1 Å². The van der Waals surface area contributed by atoms with Gasteiger partial charge >= 0.3 is 6.09 Å². The number of cyclic esters (lactones) is 1. The number of nitrogens with zero attached hydrogens (tertiary/aromatic N) is 1. The molecule has 1 N–H and O–H groups in total. The Morgan fingerprint density at radius 2 is 2.09 bits per heavy atom. The van der Waals surface area contributed by atoms with Gasteiger partial charge in [0, 0.05) is 13.1 Å². The van der Waals surface area contributed by atoms with Crippen molar-refractivity contribution in [2.45, 2.75) is 26.4 Å². The predicted molar refractivity (Wildman–Crippen MR) is 81.5 cm³/mol. The van der Waals surface area contributed by atoms with Crippen molar-refractivity contribution in [3.63, 3.8) is 0 Å². The van der Waals surface area contributed by atoms with Gasteiger partial charge in [-0.15, -0.1) is 0 Å². The summed E-state index contributed by atoms with van der Waals surface area (Å²) in [4.78, 5) is 25.4. The van der Waals surface area contributed by atoms with E-state index in [4.69, 9.17) is 9.47 Å². The summed E-state index contributed by atoms with van der Waals surface area (Å²) in [5.41, 5.74) is 0.967. The highest BCUT2D eigenvalue weighted by molar-refractivity contribution is 5.87. The maximum atomic E-state index is 12.3. The third-order valence-electron chi connectivity index (χ3n) is 3.47. The van der Waals surface area contributed by atoms with Gasteiger partial charge in [-0.1, -0.05) is 26.0 Å². The molecule has 1 heterocycles. The maximum absolute atomic E-state index is 12.3. The number of nitrogens with one attached hydrogen (secondary N) is 1. The zero-order valence-corrected chi connectivity index (χ0v) is 13.2. The van der Waals surface area contributed by atoms with Crippen LogP contribution in [-0.2, 0) is 16.1 Å². The molecule has 6 nitrogen and oxygen atoms in total. The number of benzene rings is 1. The Labute approximate surface area is 130 Å². The van der Waals surface area contributed by atoms with Crippen LogP contribution in [0.1, 0.15) is 19.4 Å². The monoisotopic (exact) mass is 306 g/mol. The number of ether oxygens (including phenoxy) is 2. The first-order valence-electron chi connectivity index (χ1n) is 7.35. The van der Waals surface area contributed by atoms with Gasteiger partial charge in [0.15, 0.2) is 0 Å². The second-order valence-corrected chi connectivity index (χ2v) is 5.70. The van der Waals surface area contributed by atoms with Crippen LogP contribution in [0.15, 0.2) is 24.3 Å². The Morgan fingerprint density at radius 3 is 2.68 bits per heavy atom. The van der Waals surface area contributed by atoms with E-state index in [2.05, 4.69) is 5.32 Å². The third kappa shape index (κ3) is 3.90. The first kappa shape index (κ1) is 16.1. The average Bonchev–Trinajstić information content (AvgIpc) is 2.86. The lowest BCUT2D eigenvalue weighted by Crippen LogP contribution is -2.46. The molecule has 2 amide bonds. The molecule has 2 rings (SSSR count). The summed E-state index contributed by atoms with van der Waals surface area (Å²) in [6, 6.07) is 6.92. The van der Waals surface area contributed by atoms with E-state index in [1.54, 1.807) is 7.11 Å². The number of hydrogen-bond acceptors (Lipinski definition) is 4. The van der Waals surface area contributed by atoms with Crippen LogP contribution < -0.4 is 10.1 Å². The molecular formula is C16H22N2O4. The number of carbonyl (C=O) groups is 2. The van der Waals surface area contributed by atoms with Crippen LogP contribution in [-0.4, -0.2) is 43.2 Å². The molecule has 22 heavy (non-hydrogen) atoms. The summed E-state index contributed by atoms with van der Waals surface area (Å²) in [6.45, 7) is 5.03. The summed E-state index contributed by atoms with van der Waals surface area (Å²) in [7, 11) is 1.61. The second-order valence-electron chi connectivity index (χ2n) is 5.70. The summed E-state index contributed by atoms with van der Waals surface area (Å²) in [5, 5.41) is 2.85. The lowest BCUT2D eigenvalue weighted by molar-refractivity contribution is -0.125. The molecule has 0 aromatic heterocycles. The van der Waals surface area contributed by atoms with E-state index in [1.165, 1.54) is 4.90 Å². The van der Waals surface area contributed by atoms with Crippen LogP contribution in [0, 0.1) is 5.92 Å². The topological polar surface area (TPSA) is 67.9 Å². The first-order valence-corrected chi connectivity index (χ1v) is 7.35. The van der Waals surface area contributed by atoms with Gasteiger partial charge in [0.1, 0.15) is 18.4 Å². The third-order valence-corrected chi connectivity index (χ3v) is 3.47. The molecule has 1 saturated heterocycles. The highest BCUT2D eigenvalue weighted by Gasteiger charge is 2.37. The molecule has 0 radical (unpaired) electrons. The van der Waals surface area contributed by atoms with E-state index in [1.807, 2.05) is 38.1 Å².